The van der Waals surface area contributed by atoms with Gasteiger partial charge < -0.3 is 15.5 Å². The molecular formula is C9H8F3N3O2. The first kappa shape index (κ1) is 13.1. The number of hydrogen-bond acceptors (Lipinski definition) is 4. The zero-order chi connectivity index (χ0) is 13.1. The summed E-state index contributed by atoms with van der Waals surface area (Å²) < 4.78 is 40.2. The van der Waals surface area contributed by atoms with Gasteiger partial charge in [0.1, 0.15) is 5.75 Å². The van der Waals surface area contributed by atoms with E-state index in [2.05, 4.69) is 9.72 Å². The molecule has 17 heavy (non-hydrogen) atoms. The van der Waals surface area contributed by atoms with Crippen molar-refractivity contribution in [3.05, 3.63) is 27.7 Å². The zero-order valence-corrected chi connectivity index (χ0v) is 8.47. The summed E-state index contributed by atoms with van der Waals surface area (Å²) in [6.07, 6.45) is -4.26. The number of halogens is 3. The molecule has 0 aromatic carbocycles. The van der Waals surface area contributed by atoms with Crippen molar-refractivity contribution in [3.8, 4) is 11.8 Å². The van der Waals surface area contributed by atoms with E-state index >= 15 is 0 Å². The number of aromatic amines is 1. The van der Waals surface area contributed by atoms with Crippen LogP contribution in [0.15, 0.2) is 11.0 Å². The lowest BCUT2D eigenvalue weighted by Crippen LogP contribution is -2.24. The van der Waals surface area contributed by atoms with E-state index in [-0.39, 0.29) is 17.5 Å². The summed E-state index contributed by atoms with van der Waals surface area (Å²) in [5, 5.41) is 8.47. The second kappa shape index (κ2) is 4.88. The second-order valence-electron chi connectivity index (χ2n) is 3.04. The number of ether oxygens (including phenoxy) is 1. The van der Waals surface area contributed by atoms with Gasteiger partial charge in [0.15, 0.2) is 0 Å². The van der Waals surface area contributed by atoms with Gasteiger partial charge in [0, 0.05) is 18.3 Å². The van der Waals surface area contributed by atoms with E-state index in [1.165, 1.54) is 0 Å². The van der Waals surface area contributed by atoms with Crippen LogP contribution in [-0.2, 0) is 13.0 Å². The Morgan fingerprint density at radius 2 is 2.18 bits per heavy atom. The Kier molecular flexibility index (Phi) is 3.75. The van der Waals surface area contributed by atoms with E-state index in [0.29, 0.717) is 0 Å². The SMILES string of the molecule is N#CCc1c[nH]c(=O)c(CN)c1OC(F)(F)F. The molecule has 0 fully saturated rings. The number of nitrogens with one attached hydrogen (secondary N) is 1. The largest absolute Gasteiger partial charge is 0.573 e. The number of pyridine rings is 1. The van der Waals surface area contributed by atoms with Crippen LogP contribution in [0.5, 0.6) is 5.75 Å². The minimum absolute atomic E-state index is 0.0649. The standard InChI is InChI=1S/C9H8F3N3O2/c10-9(11,12)17-7-5(1-2-13)4-15-8(16)6(7)3-14/h4H,1,3,14H2,(H,15,16). The van der Waals surface area contributed by atoms with Crippen LogP contribution in [0.3, 0.4) is 0 Å². The summed E-state index contributed by atoms with van der Waals surface area (Å²) in [5.41, 5.74) is 4.01. The first-order valence-electron chi connectivity index (χ1n) is 4.45. The fourth-order valence-corrected chi connectivity index (χ4v) is 1.25. The number of aromatic nitrogens is 1. The average molecular weight is 247 g/mol. The number of nitriles is 1. The molecule has 5 nitrogen and oxygen atoms in total. The van der Waals surface area contributed by atoms with E-state index in [4.69, 9.17) is 11.0 Å². The minimum Gasteiger partial charge on any atom is -0.405 e. The molecule has 1 rings (SSSR count). The first-order valence-corrected chi connectivity index (χ1v) is 4.45. The number of alkyl halides is 3. The normalized spacial score (nSPS) is 11.0. The van der Waals surface area contributed by atoms with Crippen LogP contribution < -0.4 is 16.0 Å². The molecule has 92 valence electrons. The number of H-pyrrole nitrogens is 1. The number of nitrogens with two attached hydrogens (primary N) is 1. The molecule has 0 saturated carbocycles. The Hall–Kier alpha value is -2.01. The highest BCUT2D eigenvalue weighted by molar-refractivity contribution is 5.40. The van der Waals surface area contributed by atoms with E-state index < -0.39 is 24.2 Å². The van der Waals surface area contributed by atoms with Gasteiger partial charge in [-0.15, -0.1) is 13.2 Å². The summed E-state index contributed by atoms with van der Waals surface area (Å²) in [6, 6.07) is 1.67. The quantitative estimate of drug-likeness (QED) is 0.826. The van der Waals surface area contributed by atoms with Gasteiger partial charge in [-0.3, -0.25) is 4.79 Å². The fraction of sp³-hybridized carbons (Fsp3) is 0.333. The molecule has 8 heteroatoms. The predicted molar refractivity (Wildman–Crippen MR) is 51.0 cm³/mol. The molecule has 1 heterocycles. The smallest absolute Gasteiger partial charge is 0.405 e. The molecule has 0 aliphatic heterocycles. The molecule has 1 aromatic heterocycles. The second-order valence-corrected chi connectivity index (χ2v) is 3.04. The van der Waals surface area contributed by atoms with Crippen molar-refractivity contribution in [2.24, 2.45) is 5.73 Å². The van der Waals surface area contributed by atoms with Gasteiger partial charge in [-0.1, -0.05) is 0 Å². The van der Waals surface area contributed by atoms with Crippen molar-refractivity contribution >= 4 is 0 Å². The van der Waals surface area contributed by atoms with Crippen LogP contribution >= 0.6 is 0 Å². The number of hydrogen-bond donors (Lipinski definition) is 2. The molecule has 0 radical (unpaired) electrons. The van der Waals surface area contributed by atoms with Crippen molar-refractivity contribution in [3.63, 3.8) is 0 Å². The first-order chi connectivity index (χ1) is 7.89. The Bertz CT molecular complexity index is 502. The topological polar surface area (TPSA) is 91.9 Å². The van der Waals surface area contributed by atoms with E-state index in [9.17, 15) is 18.0 Å². The van der Waals surface area contributed by atoms with Crippen molar-refractivity contribution in [2.45, 2.75) is 19.3 Å². The molecule has 0 spiro atoms. The van der Waals surface area contributed by atoms with Crippen LogP contribution in [0.25, 0.3) is 0 Å². The summed E-state index contributed by atoms with van der Waals surface area (Å²) in [6.45, 7) is -0.417. The maximum absolute atomic E-state index is 12.2. The van der Waals surface area contributed by atoms with Crippen molar-refractivity contribution in [1.82, 2.24) is 4.98 Å². The molecule has 0 saturated heterocycles. The Balaban J connectivity index is 3.34. The van der Waals surface area contributed by atoms with Crippen LogP contribution in [0.2, 0.25) is 0 Å². The molecule has 3 N–H and O–H groups in total. The monoisotopic (exact) mass is 247 g/mol. The lowest BCUT2D eigenvalue weighted by Gasteiger charge is -2.14. The molecular weight excluding hydrogens is 239 g/mol. The molecule has 0 aliphatic rings. The van der Waals surface area contributed by atoms with Gasteiger partial charge in [-0.25, -0.2) is 0 Å². The third kappa shape index (κ3) is 3.22. The molecule has 0 unspecified atom stereocenters. The minimum atomic E-state index is -4.94. The van der Waals surface area contributed by atoms with Crippen LogP contribution in [0.1, 0.15) is 11.1 Å². The summed E-state index contributed by atoms with van der Waals surface area (Å²) in [5.74, 6) is -0.690. The van der Waals surface area contributed by atoms with Gasteiger partial charge in [0.05, 0.1) is 18.1 Å². The van der Waals surface area contributed by atoms with Crippen molar-refractivity contribution in [1.29, 1.82) is 5.26 Å². The van der Waals surface area contributed by atoms with E-state index in [1.54, 1.807) is 6.07 Å². The van der Waals surface area contributed by atoms with E-state index in [1.807, 2.05) is 0 Å². The van der Waals surface area contributed by atoms with Gasteiger partial charge in [-0.05, 0) is 0 Å². The number of rotatable bonds is 3. The predicted octanol–water partition coefficient (Wildman–Crippen LogP) is 0.798. The van der Waals surface area contributed by atoms with Crippen LogP contribution in [0, 0.1) is 11.3 Å². The third-order valence-corrected chi connectivity index (χ3v) is 1.91. The van der Waals surface area contributed by atoms with Gasteiger partial charge >= 0.3 is 6.36 Å². The van der Waals surface area contributed by atoms with Gasteiger partial charge in [-0.2, -0.15) is 5.26 Å². The van der Waals surface area contributed by atoms with Crippen molar-refractivity contribution in [2.75, 3.05) is 0 Å². The molecule has 1 aromatic rings. The Labute approximate surface area is 93.6 Å². The summed E-state index contributed by atoms with van der Waals surface area (Å²) >= 11 is 0. The molecule has 0 aliphatic carbocycles. The Morgan fingerprint density at radius 3 is 2.65 bits per heavy atom. The fourth-order valence-electron chi connectivity index (χ4n) is 1.25. The zero-order valence-electron chi connectivity index (χ0n) is 8.47. The third-order valence-electron chi connectivity index (χ3n) is 1.91. The highest BCUT2D eigenvalue weighted by atomic mass is 19.4. The van der Waals surface area contributed by atoms with Gasteiger partial charge in [0.25, 0.3) is 5.56 Å². The Morgan fingerprint density at radius 1 is 1.53 bits per heavy atom. The lowest BCUT2D eigenvalue weighted by molar-refractivity contribution is -0.275. The molecule has 0 amide bonds. The highest BCUT2D eigenvalue weighted by Gasteiger charge is 2.33. The van der Waals surface area contributed by atoms with Crippen molar-refractivity contribution < 1.29 is 17.9 Å². The van der Waals surface area contributed by atoms with E-state index in [0.717, 1.165) is 6.20 Å². The number of nitrogens with zero attached hydrogens (tertiary/aromatic N) is 1. The van der Waals surface area contributed by atoms with Crippen LogP contribution in [0.4, 0.5) is 13.2 Å². The highest BCUT2D eigenvalue weighted by Crippen LogP contribution is 2.28. The maximum atomic E-state index is 12.2. The lowest BCUT2D eigenvalue weighted by atomic mass is 10.1. The summed E-state index contributed by atoms with van der Waals surface area (Å²) in [4.78, 5) is 13.4. The molecule has 0 bridgehead atoms. The molecule has 0 atom stereocenters. The average Bonchev–Trinajstić information content (AvgIpc) is 2.21. The maximum Gasteiger partial charge on any atom is 0.573 e. The van der Waals surface area contributed by atoms with Crippen LogP contribution in [-0.4, -0.2) is 11.3 Å². The summed E-state index contributed by atoms with van der Waals surface area (Å²) in [7, 11) is 0. The van der Waals surface area contributed by atoms with Gasteiger partial charge in [0.2, 0.25) is 0 Å².